The van der Waals surface area contributed by atoms with Crippen LogP contribution in [0.2, 0.25) is 0 Å². The Hall–Kier alpha value is -0.680. The zero-order chi connectivity index (χ0) is 19.5. The highest BCUT2D eigenvalue weighted by Crippen LogP contribution is 1.74. The van der Waals surface area contributed by atoms with Crippen molar-refractivity contribution in [3.8, 4) is 0 Å². The van der Waals surface area contributed by atoms with Crippen LogP contribution in [0.4, 0.5) is 0 Å². The first-order valence-electron chi connectivity index (χ1n) is 6.63. The molecule has 0 atom stereocenters. The fraction of sp³-hybridized carbons (Fsp3) is 0.667. The van der Waals surface area contributed by atoms with Crippen molar-refractivity contribution in [3.63, 3.8) is 0 Å². The molecule has 0 aliphatic heterocycles. The van der Waals surface area contributed by atoms with Gasteiger partial charge < -0.3 is 0 Å². The van der Waals surface area contributed by atoms with E-state index in [9.17, 15) is 8.42 Å². The van der Waals surface area contributed by atoms with Crippen LogP contribution in [-0.4, -0.2) is 52.1 Å². The van der Waals surface area contributed by atoms with E-state index in [2.05, 4.69) is 24.0 Å². The Morgan fingerprint density at radius 1 is 0.913 bits per heavy atom. The van der Waals surface area contributed by atoms with Crippen molar-refractivity contribution in [2.75, 3.05) is 32.1 Å². The highest BCUT2D eigenvalue weighted by molar-refractivity contribution is 7.98. The van der Waals surface area contributed by atoms with E-state index in [-0.39, 0.29) is 7.43 Å². The molecule has 0 aromatic rings. The summed E-state index contributed by atoms with van der Waals surface area (Å²) in [5.41, 5.74) is 3.46. The van der Waals surface area contributed by atoms with Crippen LogP contribution in [0.15, 0.2) is 29.3 Å². The summed E-state index contributed by atoms with van der Waals surface area (Å²) in [6.07, 6.45) is 6.49. The Bertz CT molecular complexity index is 368. The van der Waals surface area contributed by atoms with E-state index >= 15 is 0 Å². The zero-order valence-electron chi connectivity index (χ0n) is 16.7. The van der Waals surface area contributed by atoms with Gasteiger partial charge in [0, 0.05) is 48.6 Å². The highest BCUT2D eigenvalue weighted by atomic mass is 32.2. The predicted molar refractivity (Wildman–Crippen MR) is 120 cm³/mol. The van der Waals surface area contributed by atoms with Crippen molar-refractivity contribution in [2.45, 2.75) is 49.0 Å². The highest BCUT2D eigenvalue weighted by Gasteiger charge is 1.69. The van der Waals surface area contributed by atoms with E-state index in [0.29, 0.717) is 0 Å². The molecule has 0 aromatic carbocycles. The molecule has 0 spiro atoms. The summed E-state index contributed by atoms with van der Waals surface area (Å²) in [6, 6.07) is 0. The summed E-state index contributed by atoms with van der Waals surface area (Å²) in [7, 11) is -0.491. The van der Waals surface area contributed by atoms with Gasteiger partial charge in [-0.05, 0) is 56.9 Å². The van der Waals surface area contributed by atoms with Gasteiger partial charge in [0.1, 0.15) is 0 Å². The van der Waals surface area contributed by atoms with Crippen LogP contribution in [-0.2, 0) is 20.3 Å². The van der Waals surface area contributed by atoms with E-state index in [1.54, 1.807) is 32.1 Å². The molecule has 0 aliphatic rings. The maximum Gasteiger partial charge on any atom is 0.0276 e. The number of allylic oxidation sites excluding steroid dienone is 2. The van der Waals surface area contributed by atoms with Crippen molar-refractivity contribution >= 4 is 31.9 Å². The number of hydrogen-bond acceptors (Lipinski definition) is 3. The first-order chi connectivity index (χ1) is 9.47. The molecule has 0 amide bonds. The minimum absolute atomic E-state index is 0. The Balaban J connectivity index is -0.0000000390. The molecule has 0 aliphatic carbocycles. The first kappa shape index (κ1) is 38.1. The summed E-state index contributed by atoms with van der Waals surface area (Å²) in [5.74, 6) is 3.30. The molecule has 144 valence electrons. The lowest BCUT2D eigenvalue weighted by molar-refractivity contribution is 0.688. The smallest absolute Gasteiger partial charge is 0.0276 e. The third-order valence-corrected chi connectivity index (χ3v) is 0.447. The Morgan fingerprint density at radius 2 is 0.957 bits per heavy atom. The van der Waals surface area contributed by atoms with E-state index < -0.39 is 20.3 Å². The Labute approximate surface area is 150 Å². The van der Waals surface area contributed by atoms with Crippen LogP contribution in [0.5, 0.6) is 0 Å². The summed E-state index contributed by atoms with van der Waals surface area (Å²) < 4.78 is 19.6. The quantitative estimate of drug-likeness (QED) is 0.348. The molecule has 3 nitrogen and oxygen atoms in total. The van der Waals surface area contributed by atoms with Gasteiger partial charge in [-0.25, -0.2) is 0 Å². The third kappa shape index (κ3) is 4570. The summed E-state index contributed by atoms with van der Waals surface area (Å²) in [4.78, 5) is 3.81. The fourth-order valence-electron chi connectivity index (χ4n) is 0. The largest absolute Gasteiger partial charge is 0.298 e. The van der Waals surface area contributed by atoms with Crippen LogP contribution >= 0.6 is 0 Å². The third-order valence-electron chi connectivity index (χ3n) is 0.447. The first-order valence-corrected chi connectivity index (χ1v) is 11.1. The van der Waals surface area contributed by atoms with Crippen molar-refractivity contribution in [3.05, 3.63) is 24.3 Å². The minimum Gasteiger partial charge on any atom is -0.298 e. The van der Waals surface area contributed by atoms with Gasteiger partial charge in [-0.15, -0.1) is 13.2 Å². The van der Waals surface area contributed by atoms with E-state index in [0.717, 1.165) is 5.71 Å². The molecule has 0 unspecified atom stereocenters. The molecule has 5 heteroatoms. The molecule has 0 fully saturated rings. The maximum absolute atomic E-state index is 10.1. The molecule has 0 rings (SSSR count). The monoisotopic (exact) mass is 369 g/mol. The number of rotatable bonds is 0. The second-order valence-electron chi connectivity index (χ2n) is 5.76. The second-order valence-corrected chi connectivity index (χ2v) is 10.1. The van der Waals surface area contributed by atoms with E-state index in [1.807, 2.05) is 41.5 Å². The van der Waals surface area contributed by atoms with Gasteiger partial charge in [-0.3, -0.25) is 13.4 Å². The van der Waals surface area contributed by atoms with Crippen LogP contribution in [0.25, 0.3) is 0 Å². The molecule has 0 bridgehead atoms. The fourth-order valence-corrected chi connectivity index (χ4v) is 0. The standard InChI is InChI=1S/C4H9N.2C4H8.C3H8OS.C2H6OS.CH4/c1-4(2)5-3;2*1-4(2)3;1-5(2,3)4;1-4(2)3;/h1-3H3;2*1H2,2-3H3;1H2,2-3H3;1-2H3;1H4. The summed E-state index contributed by atoms with van der Waals surface area (Å²) in [6.45, 7) is 18.9. The Kier molecular flexibility index (Phi) is 43.4. The van der Waals surface area contributed by atoms with Crippen molar-refractivity contribution in [1.29, 1.82) is 0 Å². The van der Waals surface area contributed by atoms with Gasteiger partial charge in [0.05, 0.1) is 0 Å². The van der Waals surface area contributed by atoms with Crippen molar-refractivity contribution in [2.24, 2.45) is 4.99 Å². The van der Waals surface area contributed by atoms with Crippen molar-refractivity contribution < 1.29 is 8.42 Å². The molecule has 0 heterocycles. The van der Waals surface area contributed by atoms with Gasteiger partial charge in [-0.1, -0.05) is 18.6 Å². The summed E-state index contributed by atoms with van der Waals surface area (Å²) in [5, 5.41) is 0. The molecular formula is C18H43NO2S2. The van der Waals surface area contributed by atoms with Crippen LogP contribution in [0.3, 0.4) is 0 Å². The van der Waals surface area contributed by atoms with Gasteiger partial charge >= 0.3 is 0 Å². The van der Waals surface area contributed by atoms with Crippen LogP contribution in [0, 0.1) is 0 Å². The molecule has 0 radical (unpaired) electrons. The van der Waals surface area contributed by atoms with E-state index in [4.69, 9.17) is 0 Å². The Morgan fingerprint density at radius 3 is 0.957 bits per heavy atom. The molecule has 0 N–H and O–H groups in total. The van der Waals surface area contributed by atoms with Gasteiger partial charge in [0.15, 0.2) is 0 Å². The van der Waals surface area contributed by atoms with Gasteiger partial charge in [-0.2, -0.15) is 0 Å². The SMILES string of the molecule is C.C=C(C)C.C=C(C)C.C=S(C)(C)=O.CN=C(C)C.CS(C)=O. The number of nitrogens with zero attached hydrogens (tertiary/aromatic N) is 1. The molecule has 0 aromatic heterocycles. The van der Waals surface area contributed by atoms with Crippen LogP contribution in [0.1, 0.15) is 49.0 Å². The number of hydrogen-bond donors (Lipinski definition) is 0. The minimum atomic E-state index is -1.67. The second kappa shape index (κ2) is 26.2. The lowest BCUT2D eigenvalue weighted by Crippen LogP contribution is -1.86. The van der Waals surface area contributed by atoms with Gasteiger partial charge in [0.2, 0.25) is 0 Å². The lowest BCUT2D eigenvalue weighted by atomic mass is 10.4. The number of aliphatic imine (C=N–C) groups is 1. The zero-order valence-corrected chi connectivity index (χ0v) is 18.3. The molecule has 0 saturated heterocycles. The summed E-state index contributed by atoms with van der Waals surface area (Å²) >= 11 is 0. The van der Waals surface area contributed by atoms with E-state index in [1.165, 1.54) is 11.1 Å². The average molecular weight is 370 g/mol. The molecular weight excluding hydrogens is 326 g/mol. The molecule has 23 heavy (non-hydrogen) atoms. The van der Waals surface area contributed by atoms with Gasteiger partial charge in [0.25, 0.3) is 0 Å². The average Bonchev–Trinajstić information content (AvgIpc) is 2.11. The maximum atomic E-state index is 10.1. The van der Waals surface area contributed by atoms with Crippen LogP contribution < -0.4 is 0 Å². The predicted octanol–water partition coefficient (Wildman–Crippen LogP) is 4.86. The van der Waals surface area contributed by atoms with Crippen molar-refractivity contribution in [1.82, 2.24) is 0 Å². The lowest BCUT2D eigenvalue weighted by Gasteiger charge is -1.78. The molecule has 0 saturated carbocycles. The topological polar surface area (TPSA) is 46.5 Å². The normalized spacial score (nSPS) is 7.83.